The van der Waals surface area contributed by atoms with Crippen LogP contribution in [-0.2, 0) is 14.8 Å². The number of rotatable bonds is 7. The maximum absolute atomic E-state index is 12.3. The SMILES string of the molecule is COc1ccc(S(=O)(=O)N[C@H](CC(C)C)C(=O)O)c(Cl)c1Cl. The first-order chi connectivity index (χ1) is 10.1. The van der Waals surface area contributed by atoms with E-state index in [1.165, 1.54) is 19.2 Å². The summed E-state index contributed by atoms with van der Waals surface area (Å²) in [5.41, 5.74) is 0. The van der Waals surface area contributed by atoms with E-state index in [0.717, 1.165) is 0 Å². The molecule has 1 aromatic rings. The summed E-state index contributed by atoms with van der Waals surface area (Å²) in [6.07, 6.45) is 0.149. The molecule has 2 N–H and O–H groups in total. The van der Waals surface area contributed by atoms with Crippen molar-refractivity contribution in [3.63, 3.8) is 0 Å². The van der Waals surface area contributed by atoms with Crippen molar-refractivity contribution < 1.29 is 23.1 Å². The largest absolute Gasteiger partial charge is 0.495 e. The van der Waals surface area contributed by atoms with Gasteiger partial charge in [0.15, 0.2) is 0 Å². The number of ether oxygens (including phenoxy) is 1. The highest BCUT2D eigenvalue weighted by Crippen LogP contribution is 2.36. The molecule has 0 aliphatic carbocycles. The monoisotopic (exact) mass is 369 g/mol. The molecule has 124 valence electrons. The van der Waals surface area contributed by atoms with Crippen molar-refractivity contribution in [2.24, 2.45) is 5.92 Å². The van der Waals surface area contributed by atoms with E-state index in [4.69, 9.17) is 33.0 Å². The number of sulfonamides is 1. The number of nitrogens with one attached hydrogen (secondary N) is 1. The molecule has 9 heteroatoms. The van der Waals surface area contributed by atoms with Crippen LogP contribution in [0.15, 0.2) is 17.0 Å². The normalized spacial score (nSPS) is 13.2. The molecule has 0 saturated heterocycles. The number of hydrogen-bond donors (Lipinski definition) is 2. The lowest BCUT2D eigenvalue weighted by atomic mass is 10.1. The number of carboxylic acid groups (broad SMARTS) is 1. The van der Waals surface area contributed by atoms with Crippen molar-refractivity contribution in [3.05, 3.63) is 22.2 Å². The van der Waals surface area contributed by atoms with E-state index in [1.54, 1.807) is 13.8 Å². The zero-order valence-electron chi connectivity index (χ0n) is 12.3. The Morgan fingerprint density at radius 3 is 2.36 bits per heavy atom. The Morgan fingerprint density at radius 1 is 1.32 bits per heavy atom. The average molecular weight is 370 g/mol. The van der Waals surface area contributed by atoms with Gasteiger partial charge in [-0.2, -0.15) is 4.72 Å². The Balaban J connectivity index is 3.19. The first-order valence-corrected chi connectivity index (χ1v) is 8.61. The van der Waals surface area contributed by atoms with Crippen molar-refractivity contribution in [1.29, 1.82) is 0 Å². The smallest absolute Gasteiger partial charge is 0.321 e. The third kappa shape index (κ3) is 4.49. The van der Waals surface area contributed by atoms with E-state index in [0.29, 0.717) is 0 Å². The minimum atomic E-state index is -4.13. The second-order valence-electron chi connectivity index (χ2n) is 5.04. The summed E-state index contributed by atoms with van der Waals surface area (Å²) in [6.45, 7) is 3.59. The molecule has 1 aromatic carbocycles. The number of aliphatic carboxylic acids is 1. The van der Waals surface area contributed by atoms with E-state index >= 15 is 0 Å². The Labute approximate surface area is 139 Å². The number of benzene rings is 1. The Bertz CT molecular complexity index is 661. The van der Waals surface area contributed by atoms with Crippen LogP contribution in [0.1, 0.15) is 20.3 Å². The van der Waals surface area contributed by atoms with E-state index < -0.39 is 22.0 Å². The summed E-state index contributed by atoms with van der Waals surface area (Å²) in [5.74, 6) is -1.03. The van der Waals surface area contributed by atoms with Crippen LogP contribution in [0.25, 0.3) is 0 Å². The minimum absolute atomic E-state index is 0.00118. The van der Waals surface area contributed by atoms with E-state index in [9.17, 15) is 13.2 Å². The van der Waals surface area contributed by atoms with Gasteiger partial charge in [-0.15, -0.1) is 0 Å². The first kappa shape index (κ1) is 19.0. The van der Waals surface area contributed by atoms with Crippen molar-refractivity contribution in [2.45, 2.75) is 31.2 Å². The third-order valence-electron chi connectivity index (χ3n) is 2.82. The summed E-state index contributed by atoms with van der Waals surface area (Å²) in [5, 5.41) is 8.86. The number of hydrogen-bond acceptors (Lipinski definition) is 4. The van der Waals surface area contributed by atoms with Crippen LogP contribution in [0.4, 0.5) is 0 Å². The summed E-state index contributed by atoms with van der Waals surface area (Å²) < 4.78 is 31.8. The molecular formula is C13H17Cl2NO5S. The van der Waals surface area contributed by atoms with E-state index in [2.05, 4.69) is 4.72 Å². The highest BCUT2D eigenvalue weighted by molar-refractivity contribution is 7.89. The molecule has 22 heavy (non-hydrogen) atoms. The molecule has 1 atom stereocenters. The molecule has 0 fully saturated rings. The van der Waals surface area contributed by atoms with Gasteiger partial charge in [-0.3, -0.25) is 4.79 Å². The Morgan fingerprint density at radius 2 is 1.91 bits per heavy atom. The number of carbonyl (C=O) groups is 1. The zero-order valence-corrected chi connectivity index (χ0v) is 14.6. The average Bonchev–Trinajstić information content (AvgIpc) is 2.39. The second-order valence-corrected chi connectivity index (χ2v) is 7.47. The topological polar surface area (TPSA) is 92.7 Å². The molecule has 0 radical (unpaired) electrons. The molecular weight excluding hydrogens is 353 g/mol. The number of halogens is 2. The lowest BCUT2D eigenvalue weighted by Crippen LogP contribution is -2.41. The van der Waals surface area contributed by atoms with Gasteiger partial charge in [-0.1, -0.05) is 37.0 Å². The second kappa shape index (κ2) is 7.50. The van der Waals surface area contributed by atoms with Crippen molar-refractivity contribution in [1.82, 2.24) is 4.72 Å². The minimum Gasteiger partial charge on any atom is -0.495 e. The molecule has 0 unspecified atom stereocenters. The molecule has 0 heterocycles. The van der Waals surface area contributed by atoms with E-state index in [-0.39, 0.29) is 33.0 Å². The van der Waals surface area contributed by atoms with Crippen LogP contribution in [0, 0.1) is 5.92 Å². The van der Waals surface area contributed by atoms with Gasteiger partial charge in [0.05, 0.1) is 12.1 Å². The molecule has 0 aliphatic heterocycles. The Kier molecular flexibility index (Phi) is 6.49. The zero-order chi connectivity index (χ0) is 17.1. The van der Waals surface area contributed by atoms with Crippen LogP contribution in [-0.4, -0.2) is 32.6 Å². The van der Waals surface area contributed by atoms with Crippen LogP contribution in [0.3, 0.4) is 0 Å². The lowest BCUT2D eigenvalue weighted by Gasteiger charge is -2.17. The van der Waals surface area contributed by atoms with Gasteiger partial charge < -0.3 is 9.84 Å². The van der Waals surface area contributed by atoms with Gasteiger partial charge in [-0.05, 0) is 24.5 Å². The van der Waals surface area contributed by atoms with Gasteiger partial charge in [0.25, 0.3) is 0 Å². The summed E-state index contributed by atoms with van der Waals surface area (Å²) >= 11 is 11.9. The van der Waals surface area contributed by atoms with Crippen molar-refractivity contribution in [2.75, 3.05) is 7.11 Å². The summed E-state index contributed by atoms with van der Waals surface area (Å²) in [4.78, 5) is 10.9. The molecule has 0 spiro atoms. The maximum atomic E-state index is 12.3. The lowest BCUT2D eigenvalue weighted by molar-refractivity contribution is -0.139. The van der Waals surface area contributed by atoms with Gasteiger partial charge in [0.1, 0.15) is 21.7 Å². The molecule has 0 bridgehead atoms. The molecule has 0 amide bonds. The predicted molar refractivity (Wildman–Crippen MR) is 84.2 cm³/mol. The fourth-order valence-electron chi connectivity index (χ4n) is 1.80. The number of carboxylic acids is 1. The molecule has 0 saturated carbocycles. The first-order valence-electron chi connectivity index (χ1n) is 6.37. The van der Waals surface area contributed by atoms with Crippen LogP contribution in [0.5, 0.6) is 5.75 Å². The fourth-order valence-corrected chi connectivity index (χ4v) is 3.84. The van der Waals surface area contributed by atoms with Gasteiger partial charge in [-0.25, -0.2) is 8.42 Å². The van der Waals surface area contributed by atoms with Gasteiger partial charge in [0.2, 0.25) is 10.0 Å². The molecule has 1 rings (SSSR count). The predicted octanol–water partition coefficient (Wildman–Crippen LogP) is 2.78. The summed E-state index contributed by atoms with van der Waals surface area (Å²) in [7, 11) is -2.76. The highest BCUT2D eigenvalue weighted by Gasteiger charge is 2.28. The van der Waals surface area contributed by atoms with Crippen LogP contribution < -0.4 is 9.46 Å². The molecule has 0 aromatic heterocycles. The molecule has 0 aliphatic rings. The Hall–Kier alpha value is -1.02. The maximum Gasteiger partial charge on any atom is 0.321 e. The molecule has 6 nitrogen and oxygen atoms in total. The fraction of sp³-hybridized carbons (Fsp3) is 0.462. The van der Waals surface area contributed by atoms with E-state index in [1.807, 2.05) is 0 Å². The third-order valence-corrected chi connectivity index (χ3v) is 5.31. The highest BCUT2D eigenvalue weighted by atomic mass is 35.5. The van der Waals surface area contributed by atoms with Crippen molar-refractivity contribution >= 4 is 39.2 Å². The standard InChI is InChI=1S/C13H17Cl2NO5S/c1-7(2)6-8(13(17)18)16-22(19,20)10-5-4-9(21-3)11(14)12(10)15/h4-5,7-8,16H,6H2,1-3H3,(H,17,18)/t8-/m1/s1. The summed E-state index contributed by atoms with van der Waals surface area (Å²) in [6, 6.07) is 1.31. The quantitative estimate of drug-likeness (QED) is 0.770. The van der Waals surface area contributed by atoms with Gasteiger partial charge in [0, 0.05) is 0 Å². The van der Waals surface area contributed by atoms with Crippen molar-refractivity contribution in [3.8, 4) is 5.75 Å². The van der Waals surface area contributed by atoms with Crippen LogP contribution >= 0.6 is 23.2 Å². The van der Waals surface area contributed by atoms with Crippen LogP contribution in [0.2, 0.25) is 10.0 Å². The number of methoxy groups -OCH3 is 1. The van der Waals surface area contributed by atoms with Gasteiger partial charge >= 0.3 is 5.97 Å².